The van der Waals surface area contributed by atoms with Crippen molar-refractivity contribution in [2.75, 3.05) is 13.7 Å². The van der Waals surface area contributed by atoms with Crippen molar-refractivity contribution in [1.29, 1.82) is 0 Å². The van der Waals surface area contributed by atoms with Crippen molar-refractivity contribution >= 4 is 11.3 Å². The Bertz CT molecular complexity index is 455. The molecule has 0 saturated carbocycles. The smallest absolute Gasteiger partial charge is 0.0959 e. The van der Waals surface area contributed by atoms with Crippen LogP contribution in [0.15, 0.2) is 35.7 Å². The van der Waals surface area contributed by atoms with E-state index >= 15 is 0 Å². The van der Waals surface area contributed by atoms with E-state index in [1.807, 2.05) is 35.7 Å². The Kier molecular flexibility index (Phi) is 4.25. The second kappa shape index (κ2) is 5.91. The van der Waals surface area contributed by atoms with Gasteiger partial charge in [-0.1, -0.05) is 30.3 Å². The molecule has 1 aromatic carbocycles. The van der Waals surface area contributed by atoms with Gasteiger partial charge in [0.2, 0.25) is 0 Å². The average Bonchev–Trinajstić information content (AvgIpc) is 2.79. The summed E-state index contributed by atoms with van der Waals surface area (Å²) in [6, 6.07) is 10.0. The summed E-state index contributed by atoms with van der Waals surface area (Å²) >= 11 is 1.57. The molecule has 90 valence electrons. The van der Waals surface area contributed by atoms with E-state index in [4.69, 9.17) is 4.74 Å². The third kappa shape index (κ3) is 3.36. The first kappa shape index (κ1) is 12.2. The molecule has 0 radical (unpaired) electrons. The molecule has 1 N–H and O–H groups in total. The monoisotopic (exact) mass is 249 g/mol. The van der Waals surface area contributed by atoms with E-state index in [9.17, 15) is 5.11 Å². The molecule has 1 unspecified atom stereocenters. The Balaban J connectivity index is 2.06. The molecule has 0 amide bonds. The Morgan fingerprint density at radius 1 is 1.35 bits per heavy atom. The molecule has 0 aliphatic rings. The van der Waals surface area contributed by atoms with Gasteiger partial charge in [-0.3, -0.25) is 0 Å². The number of methoxy groups -OCH3 is 1. The van der Waals surface area contributed by atoms with Crippen LogP contribution in [0, 0.1) is 0 Å². The molecule has 0 bridgehead atoms. The van der Waals surface area contributed by atoms with Crippen LogP contribution >= 0.6 is 11.3 Å². The number of rotatable bonds is 5. The zero-order valence-corrected chi connectivity index (χ0v) is 10.5. The summed E-state index contributed by atoms with van der Waals surface area (Å²) < 4.78 is 4.89. The van der Waals surface area contributed by atoms with Gasteiger partial charge in [0.25, 0.3) is 0 Å². The lowest BCUT2D eigenvalue weighted by atomic mass is 10.2. The van der Waals surface area contributed by atoms with Crippen molar-refractivity contribution in [3.05, 3.63) is 40.7 Å². The molecule has 1 atom stereocenters. The van der Waals surface area contributed by atoms with Gasteiger partial charge in [-0.05, 0) is 0 Å². The van der Waals surface area contributed by atoms with Crippen molar-refractivity contribution in [2.45, 2.75) is 12.5 Å². The lowest BCUT2D eigenvalue weighted by Gasteiger charge is -2.05. The average molecular weight is 249 g/mol. The van der Waals surface area contributed by atoms with E-state index in [1.165, 1.54) is 0 Å². The van der Waals surface area contributed by atoms with Gasteiger partial charge < -0.3 is 9.84 Å². The van der Waals surface area contributed by atoms with Gasteiger partial charge >= 0.3 is 0 Å². The zero-order valence-electron chi connectivity index (χ0n) is 9.67. The number of aromatic nitrogens is 1. The predicted octanol–water partition coefficient (Wildman–Crippen LogP) is 2.36. The summed E-state index contributed by atoms with van der Waals surface area (Å²) in [6.45, 7) is 0.347. The first-order chi connectivity index (χ1) is 8.29. The van der Waals surface area contributed by atoms with Crippen LogP contribution in [0.1, 0.15) is 5.01 Å². The van der Waals surface area contributed by atoms with Gasteiger partial charge in [0.05, 0.1) is 23.4 Å². The minimum absolute atomic E-state index is 0.347. The molecular formula is C13H15NO2S. The van der Waals surface area contributed by atoms with Gasteiger partial charge in [-0.15, -0.1) is 11.3 Å². The van der Waals surface area contributed by atoms with E-state index in [2.05, 4.69) is 4.98 Å². The number of aliphatic hydroxyl groups is 1. The van der Waals surface area contributed by atoms with Crippen LogP contribution in [-0.4, -0.2) is 29.9 Å². The van der Waals surface area contributed by atoms with Gasteiger partial charge in [-0.2, -0.15) is 0 Å². The second-order valence-electron chi connectivity index (χ2n) is 3.81. The lowest BCUT2D eigenvalue weighted by molar-refractivity contribution is 0.0650. The second-order valence-corrected chi connectivity index (χ2v) is 4.75. The number of nitrogens with zero attached hydrogens (tertiary/aromatic N) is 1. The molecule has 0 aliphatic heterocycles. The summed E-state index contributed by atoms with van der Waals surface area (Å²) in [6.07, 6.45) is 0.0699. The van der Waals surface area contributed by atoms with Crippen LogP contribution in [0.25, 0.3) is 11.3 Å². The standard InChI is InChI=1S/C13H15NO2S/c1-16-8-11(15)7-13-14-12(9-17-13)10-5-3-2-4-6-10/h2-6,9,11,15H,7-8H2,1H3. The van der Waals surface area contributed by atoms with Crippen molar-refractivity contribution < 1.29 is 9.84 Å². The first-order valence-corrected chi connectivity index (χ1v) is 6.34. The maximum atomic E-state index is 9.62. The molecule has 1 heterocycles. The van der Waals surface area contributed by atoms with E-state index < -0.39 is 6.10 Å². The molecule has 2 rings (SSSR count). The summed E-state index contributed by atoms with van der Waals surface area (Å²) in [7, 11) is 1.58. The summed E-state index contributed by atoms with van der Waals surface area (Å²) in [5.74, 6) is 0. The van der Waals surface area contributed by atoms with Crippen molar-refractivity contribution in [2.24, 2.45) is 0 Å². The Morgan fingerprint density at radius 3 is 2.82 bits per heavy atom. The highest BCUT2D eigenvalue weighted by atomic mass is 32.1. The van der Waals surface area contributed by atoms with E-state index in [0.717, 1.165) is 16.3 Å². The van der Waals surface area contributed by atoms with Crippen molar-refractivity contribution in [3.63, 3.8) is 0 Å². The maximum absolute atomic E-state index is 9.62. The molecule has 3 nitrogen and oxygen atoms in total. The third-order valence-electron chi connectivity index (χ3n) is 2.39. The molecule has 4 heteroatoms. The molecule has 1 aromatic heterocycles. The normalized spacial score (nSPS) is 12.6. The maximum Gasteiger partial charge on any atom is 0.0959 e. The number of hydrogen-bond donors (Lipinski definition) is 1. The van der Waals surface area contributed by atoms with Crippen LogP contribution in [0.3, 0.4) is 0 Å². The minimum Gasteiger partial charge on any atom is -0.390 e. The summed E-state index contributed by atoms with van der Waals surface area (Å²) in [4.78, 5) is 4.51. The highest BCUT2D eigenvalue weighted by Gasteiger charge is 2.09. The van der Waals surface area contributed by atoms with Gasteiger partial charge in [0, 0.05) is 24.5 Å². The van der Waals surface area contributed by atoms with Gasteiger partial charge in [0.15, 0.2) is 0 Å². The fraction of sp³-hybridized carbons (Fsp3) is 0.308. The highest BCUT2D eigenvalue weighted by molar-refractivity contribution is 7.09. The van der Waals surface area contributed by atoms with E-state index in [0.29, 0.717) is 13.0 Å². The number of aliphatic hydroxyl groups excluding tert-OH is 1. The summed E-state index contributed by atoms with van der Waals surface area (Å²) in [5.41, 5.74) is 2.08. The molecule has 0 saturated heterocycles. The van der Waals surface area contributed by atoms with Gasteiger partial charge in [-0.25, -0.2) is 4.98 Å². The van der Waals surface area contributed by atoms with Crippen LogP contribution in [0.4, 0.5) is 0 Å². The fourth-order valence-corrected chi connectivity index (χ4v) is 2.48. The first-order valence-electron chi connectivity index (χ1n) is 5.46. The number of hydrogen-bond acceptors (Lipinski definition) is 4. The van der Waals surface area contributed by atoms with E-state index in [1.54, 1.807) is 18.4 Å². The van der Waals surface area contributed by atoms with Crippen LogP contribution in [-0.2, 0) is 11.2 Å². The minimum atomic E-state index is -0.477. The summed E-state index contributed by atoms with van der Waals surface area (Å²) in [5, 5.41) is 12.6. The SMILES string of the molecule is COCC(O)Cc1nc(-c2ccccc2)cs1. The molecule has 0 spiro atoms. The van der Waals surface area contributed by atoms with E-state index in [-0.39, 0.29) is 0 Å². The topological polar surface area (TPSA) is 42.4 Å². The predicted molar refractivity (Wildman–Crippen MR) is 69.1 cm³/mol. The number of benzene rings is 1. The lowest BCUT2D eigenvalue weighted by Crippen LogP contribution is -2.16. The third-order valence-corrected chi connectivity index (χ3v) is 3.26. The van der Waals surface area contributed by atoms with Crippen molar-refractivity contribution in [1.82, 2.24) is 4.98 Å². The highest BCUT2D eigenvalue weighted by Crippen LogP contribution is 2.22. The molecule has 0 fully saturated rings. The fourth-order valence-electron chi connectivity index (χ4n) is 1.60. The molecular weight excluding hydrogens is 234 g/mol. The largest absolute Gasteiger partial charge is 0.390 e. The quantitative estimate of drug-likeness (QED) is 0.884. The number of thiazole rings is 1. The van der Waals surface area contributed by atoms with Crippen LogP contribution in [0.2, 0.25) is 0 Å². The van der Waals surface area contributed by atoms with Gasteiger partial charge in [0.1, 0.15) is 0 Å². The molecule has 0 aliphatic carbocycles. The Labute approximate surface area is 105 Å². The van der Waals surface area contributed by atoms with Crippen LogP contribution < -0.4 is 0 Å². The Hall–Kier alpha value is -1.23. The molecule has 17 heavy (non-hydrogen) atoms. The van der Waals surface area contributed by atoms with Crippen molar-refractivity contribution in [3.8, 4) is 11.3 Å². The Morgan fingerprint density at radius 2 is 2.12 bits per heavy atom. The zero-order chi connectivity index (χ0) is 12.1. The number of ether oxygens (including phenoxy) is 1. The molecule has 2 aromatic rings. The van der Waals surface area contributed by atoms with Crippen LogP contribution in [0.5, 0.6) is 0 Å².